The molecule has 1 nitrogen and oxygen atoms in total. The smallest absolute Gasteiger partial charge is 0.00489 e. The molecule has 0 aromatic carbocycles. The van der Waals surface area contributed by atoms with Gasteiger partial charge in [0.15, 0.2) is 0 Å². The van der Waals surface area contributed by atoms with Crippen LogP contribution in [0.1, 0.15) is 46.0 Å². The summed E-state index contributed by atoms with van der Waals surface area (Å²) >= 11 is 0. The van der Waals surface area contributed by atoms with Gasteiger partial charge in [0, 0.05) is 0 Å². The maximum atomic E-state index is 5.69. The van der Waals surface area contributed by atoms with Gasteiger partial charge in [0.05, 0.1) is 0 Å². The highest BCUT2D eigenvalue weighted by atomic mass is 14.5. The molecule has 2 atom stereocenters. The fourth-order valence-electron chi connectivity index (χ4n) is 2.16. The topological polar surface area (TPSA) is 26.0 Å². The summed E-state index contributed by atoms with van der Waals surface area (Å²) < 4.78 is 0. The molecule has 0 aromatic heterocycles. The Bertz CT molecular complexity index is 114. The summed E-state index contributed by atoms with van der Waals surface area (Å²) in [5.74, 6) is 2.73. The molecule has 2 N–H and O–H groups in total. The van der Waals surface area contributed by atoms with E-state index in [0.29, 0.717) is 0 Å². The van der Waals surface area contributed by atoms with Crippen LogP contribution in [0.25, 0.3) is 0 Å². The maximum Gasteiger partial charge on any atom is -0.00489 e. The fraction of sp³-hybridized carbons (Fsp3) is 1.00. The van der Waals surface area contributed by atoms with Gasteiger partial charge in [-0.15, -0.1) is 0 Å². The van der Waals surface area contributed by atoms with Crippen molar-refractivity contribution in [3.63, 3.8) is 0 Å². The molecular weight excluding hydrogens is 146 g/mol. The van der Waals surface area contributed by atoms with Gasteiger partial charge in [-0.25, -0.2) is 0 Å². The van der Waals surface area contributed by atoms with Crippen molar-refractivity contribution in [2.45, 2.75) is 46.0 Å². The lowest BCUT2D eigenvalue weighted by Crippen LogP contribution is -2.24. The van der Waals surface area contributed by atoms with Crippen LogP contribution in [0.4, 0.5) is 0 Å². The first-order valence-electron chi connectivity index (χ1n) is 5.48. The molecule has 12 heavy (non-hydrogen) atoms. The Morgan fingerprint density at radius 3 is 2.42 bits per heavy atom. The van der Waals surface area contributed by atoms with Gasteiger partial charge >= 0.3 is 0 Å². The minimum absolute atomic E-state index is 0.778. The van der Waals surface area contributed by atoms with Crippen LogP contribution >= 0.6 is 0 Å². The van der Waals surface area contributed by atoms with Gasteiger partial charge < -0.3 is 5.73 Å². The first-order valence-corrected chi connectivity index (χ1v) is 5.48. The molecule has 0 heterocycles. The van der Waals surface area contributed by atoms with Gasteiger partial charge in [0.2, 0.25) is 0 Å². The van der Waals surface area contributed by atoms with Crippen LogP contribution in [-0.2, 0) is 0 Å². The SMILES string of the molecule is CC[C@H](CN)C[C@H](C)C1CCC1. The Morgan fingerprint density at radius 1 is 1.42 bits per heavy atom. The summed E-state index contributed by atoms with van der Waals surface area (Å²) in [6.07, 6.45) is 7.03. The maximum absolute atomic E-state index is 5.69. The number of hydrogen-bond acceptors (Lipinski definition) is 1. The van der Waals surface area contributed by atoms with Crippen LogP contribution in [0.5, 0.6) is 0 Å². The molecule has 1 fully saturated rings. The molecule has 0 unspecified atom stereocenters. The zero-order valence-corrected chi connectivity index (χ0v) is 8.55. The van der Waals surface area contributed by atoms with E-state index in [4.69, 9.17) is 5.73 Å². The highest BCUT2D eigenvalue weighted by molar-refractivity contribution is 4.76. The molecule has 72 valence electrons. The summed E-state index contributed by atoms with van der Waals surface area (Å²) in [5, 5.41) is 0. The van der Waals surface area contributed by atoms with Crippen molar-refractivity contribution in [2.75, 3.05) is 6.54 Å². The zero-order valence-electron chi connectivity index (χ0n) is 8.55. The summed E-state index contributed by atoms with van der Waals surface area (Å²) in [6, 6.07) is 0. The van der Waals surface area contributed by atoms with Crippen LogP contribution in [0.3, 0.4) is 0 Å². The predicted molar refractivity (Wildman–Crippen MR) is 54.0 cm³/mol. The van der Waals surface area contributed by atoms with E-state index >= 15 is 0 Å². The second kappa shape index (κ2) is 4.86. The highest BCUT2D eigenvalue weighted by Crippen LogP contribution is 2.36. The molecule has 0 aliphatic heterocycles. The van der Waals surface area contributed by atoms with Gasteiger partial charge in [-0.05, 0) is 30.7 Å². The zero-order chi connectivity index (χ0) is 8.97. The Morgan fingerprint density at radius 2 is 2.08 bits per heavy atom. The summed E-state index contributed by atoms with van der Waals surface area (Å²) in [7, 11) is 0. The van der Waals surface area contributed by atoms with Crippen LogP contribution in [0, 0.1) is 17.8 Å². The van der Waals surface area contributed by atoms with Crippen LogP contribution in [-0.4, -0.2) is 6.54 Å². The van der Waals surface area contributed by atoms with Crippen LogP contribution in [0.2, 0.25) is 0 Å². The van der Waals surface area contributed by atoms with Crippen molar-refractivity contribution in [3.8, 4) is 0 Å². The number of hydrogen-bond donors (Lipinski definition) is 1. The molecule has 0 amide bonds. The molecule has 0 radical (unpaired) electrons. The third-order valence-corrected chi connectivity index (χ3v) is 3.57. The fourth-order valence-corrected chi connectivity index (χ4v) is 2.16. The molecular formula is C11H23N. The van der Waals surface area contributed by atoms with E-state index in [0.717, 1.165) is 24.3 Å². The number of rotatable bonds is 5. The van der Waals surface area contributed by atoms with Crippen LogP contribution < -0.4 is 5.73 Å². The Labute approximate surface area is 76.7 Å². The molecule has 1 rings (SSSR count). The van der Waals surface area contributed by atoms with E-state index in [-0.39, 0.29) is 0 Å². The molecule has 1 heteroatoms. The van der Waals surface area contributed by atoms with Crippen molar-refractivity contribution in [3.05, 3.63) is 0 Å². The lowest BCUT2D eigenvalue weighted by Gasteiger charge is -2.33. The van der Waals surface area contributed by atoms with E-state index in [9.17, 15) is 0 Å². The van der Waals surface area contributed by atoms with E-state index in [1.807, 2.05) is 0 Å². The predicted octanol–water partition coefficient (Wildman–Crippen LogP) is 2.80. The molecule has 0 bridgehead atoms. The van der Waals surface area contributed by atoms with Gasteiger partial charge in [-0.2, -0.15) is 0 Å². The third kappa shape index (κ3) is 2.48. The second-order valence-electron chi connectivity index (χ2n) is 4.41. The highest BCUT2D eigenvalue weighted by Gasteiger charge is 2.25. The average molecular weight is 169 g/mol. The Balaban J connectivity index is 2.18. The van der Waals surface area contributed by atoms with E-state index in [1.165, 1.54) is 32.1 Å². The quantitative estimate of drug-likeness (QED) is 0.673. The van der Waals surface area contributed by atoms with E-state index in [1.54, 1.807) is 0 Å². The minimum Gasteiger partial charge on any atom is -0.330 e. The lowest BCUT2D eigenvalue weighted by atomic mass is 9.73. The monoisotopic (exact) mass is 169 g/mol. The summed E-state index contributed by atoms with van der Waals surface area (Å²) in [5.41, 5.74) is 5.69. The van der Waals surface area contributed by atoms with Crippen molar-refractivity contribution >= 4 is 0 Å². The second-order valence-corrected chi connectivity index (χ2v) is 4.41. The van der Waals surface area contributed by atoms with Crippen LogP contribution in [0.15, 0.2) is 0 Å². The van der Waals surface area contributed by atoms with Gasteiger partial charge in [-0.3, -0.25) is 0 Å². The normalized spacial score (nSPS) is 23.2. The molecule has 0 saturated heterocycles. The molecule has 1 saturated carbocycles. The van der Waals surface area contributed by atoms with Gasteiger partial charge in [0.25, 0.3) is 0 Å². The van der Waals surface area contributed by atoms with Gasteiger partial charge in [0.1, 0.15) is 0 Å². The number of nitrogens with two attached hydrogens (primary N) is 1. The largest absolute Gasteiger partial charge is 0.330 e. The summed E-state index contributed by atoms with van der Waals surface area (Å²) in [4.78, 5) is 0. The Kier molecular flexibility index (Phi) is 4.07. The molecule has 1 aliphatic rings. The van der Waals surface area contributed by atoms with E-state index < -0.39 is 0 Å². The van der Waals surface area contributed by atoms with E-state index in [2.05, 4.69) is 13.8 Å². The van der Waals surface area contributed by atoms with Crippen molar-refractivity contribution in [2.24, 2.45) is 23.5 Å². The summed E-state index contributed by atoms with van der Waals surface area (Å²) in [6.45, 7) is 5.54. The van der Waals surface area contributed by atoms with Crippen molar-refractivity contribution in [1.29, 1.82) is 0 Å². The minimum atomic E-state index is 0.778. The van der Waals surface area contributed by atoms with Crippen molar-refractivity contribution in [1.82, 2.24) is 0 Å². The van der Waals surface area contributed by atoms with Crippen molar-refractivity contribution < 1.29 is 0 Å². The lowest BCUT2D eigenvalue weighted by molar-refractivity contribution is 0.188. The van der Waals surface area contributed by atoms with Gasteiger partial charge in [-0.1, -0.05) is 39.5 Å². The third-order valence-electron chi connectivity index (χ3n) is 3.57. The Hall–Kier alpha value is -0.0400. The molecule has 0 spiro atoms. The first kappa shape index (κ1) is 10.0. The first-order chi connectivity index (χ1) is 5.77. The standard InChI is InChI=1S/C11H23N/c1-3-10(8-12)7-9(2)11-5-4-6-11/h9-11H,3-8,12H2,1-2H3/t9-,10-/m0/s1. The average Bonchev–Trinajstić information content (AvgIpc) is 1.96. The molecule has 0 aromatic rings. The molecule has 1 aliphatic carbocycles.